The lowest BCUT2D eigenvalue weighted by molar-refractivity contribution is 0.669. The lowest BCUT2D eigenvalue weighted by atomic mass is 9.96. The smallest absolute Gasteiger partial charge is 0.164 e. The first kappa shape index (κ1) is 33.2. The Balaban J connectivity index is 1.17. The van der Waals surface area contributed by atoms with Gasteiger partial charge in [0.1, 0.15) is 11.2 Å². The van der Waals surface area contributed by atoms with Gasteiger partial charge in [0.2, 0.25) is 0 Å². The molecule has 0 aliphatic heterocycles. The van der Waals surface area contributed by atoms with Crippen molar-refractivity contribution in [1.82, 2.24) is 15.0 Å². The van der Waals surface area contributed by atoms with Crippen LogP contribution < -0.4 is 0 Å². The third-order valence-corrected chi connectivity index (χ3v) is 10.4. The van der Waals surface area contributed by atoms with Gasteiger partial charge in [-0.15, -0.1) is 0 Å². The number of hydrogen-bond acceptors (Lipinski definition) is 4. The normalized spacial score (nSPS) is 11.3. The maximum Gasteiger partial charge on any atom is 0.164 e. The van der Waals surface area contributed by atoms with E-state index in [0.717, 1.165) is 83.1 Å². The molecule has 0 amide bonds. The molecule has 8 aromatic carbocycles. The summed E-state index contributed by atoms with van der Waals surface area (Å²) < 4.78 is 6.54. The number of fused-ring (bicyclic) bond motifs is 3. The Morgan fingerprint density at radius 2 is 0.786 bits per heavy atom. The largest absolute Gasteiger partial charge is 0.456 e. The summed E-state index contributed by atoms with van der Waals surface area (Å²) >= 11 is 0. The quantitative estimate of drug-likeness (QED) is 0.165. The molecule has 0 atom stereocenters. The van der Waals surface area contributed by atoms with Crippen molar-refractivity contribution in [2.24, 2.45) is 0 Å². The number of hydrogen-bond donors (Lipinski definition) is 0. The summed E-state index contributed by atoms with van der Waals surface area (Å²) in [6, 6.07) is 67.6. The van der Waals surface area contributed by atoms with Crippen molar-refractivity contribution < 1.29 is 4.42 Å². The molecule has 4 heteroatoms. The van der Waals surface area contributed by atoms with Crippen LogP contribution in [0, 0.1) is 6.92 Å². The molecule has 2 heterocycles. The fraction of sp³-hybridized carbons (Fsp3) is 0.0192. The fourth-order valence-electron chi connectivity index (χ4n) is 7.52. The van der Waals surface area contributed by atoms with Crippen molar-refractivity contribution in [3.05, 3.63) is 200 Å². The molecule has 4 nitrogen and oxygen atoms in total. The van der Waals surface area contributed by atoms with Crippen LogP contribution in [0.25, 0.3) is 101 Å². The van der Waals surface area contributed by atoms with Crippen LogP contribution in [0.2, 0.25) is 0 Å². The molecule has 0 aliphatic rings. The van der Waals surface area contributed by atoms with Crippen LogP contribution in [0.15, 0.2) is 199 Å². The first-order valence-corrected chi connectivity index (χ1v) is 18.8. The predicted molar refractivity (Wildman–Crippen MR) is 230 cm³/mol. The van der Waals surface area contributed by atoms with E-state index >= 15 is 0 Å². The molecule has 0 unspecified atom stereocenters. The Morgan fingerprint density at radius 3 is 1.43 bits per heavy atom. The molecule has 0 aliphatic carbocycles. The van der Waals surface area contributed by atoms with Crippen molar-refractivity contribution in [3.8, 4) is 78.7 Å². The molecular weight excluding hydrogens is 683 g/mol. The van der Waals surface area contributed by atoms with Crippen LogP contribution in [0.4, 0.5) is 0 Å². The monoisotopic (exact) mass is 717 g/mol. The summed E-state index contributed by atoms with van der Waals surface area (Å²) in [6.07, 6.45) is 0. The average molecular weight is 718 g/mol. The highest BCUT2D eigenvalue weighted by atomic mass is 16.3. The highest BCUT2D eigenvalue weighted by Gasteiger charge is 2.18. The van der Waals surface area contributed by atoms with Gasteiger partial charge in [0, 0.05) is 27.5 Å². The van der Waals surface area contributed by atoms with Gasteiger partial charge in [-0.1, -0.05) is 157 Å². The van der Waals surface area contributed by atoms with Gasteiger partial charge in [-0.2, -0.15) is 0 Å². The lowest BCUT2D eigenvalue weighted by Crippen LogP contribution is -2.01. The Labute approximate surface area is 325 Å². The predicted octanol–water partition coefficient (Wildman–Crippen LogP) is 13.7. The van der Waals surface area contributed by atoms with Crippen LogP contribution in [0.1, 0.15) is 5.56 Å². The first-order valence-electron chi connectivity index (χ1n) is 18.8. The average Bonchev–Trinajstić information content (AvgIpc) is 3.66. The Morgan fingerprint density at radius 1 is 0.321 bits per heavy atom. The zero-order chi connectivity index (χ0) is 37.4. The van der Waals surface area contributed by atoms with E-state index in [9.17, 15) is 0 Å². The van der Waals surface area contributed by atoms with E-state index in [2.05, 4.69) is 177 Å². The summed E-state index contributed by atoms with van der Waals surface area (Å²) in [4.78, 5) is 15.6. The number of benzene rings is 8. The molecule has 10 aromatic rings. The lowest BCUT2D eigenvalue weighted by Gasteiger charge is -2.13. The Kier molecular flexibility index (Phi) is 8.34. The van der Waals surface area contributed by atoms with Gasteiger partial charge in [-0.25, -0.2) is 15.0 Å². The van der Waals surface area contributed by atoms with Gasteiger partial charge in [0.15, 0.2) is 17.5 Å². The third-order valence-electron chi connectivity index (χ3n) is 10.4. The number of nitrogens with zero attached hydrogens (tertiary/aromatic N) is 3. The number of furan rings is 1. The van der Waals surface area contributed by atoms with E-state index in [0.29, 0.717) is 17.5 Å². The van der Waals surface area contributed by atoms with Crippen LogP contribution in [0.3, 0.4) is 0 Å². The zero-order valence-electron chi connectivity index (χ0n) is 30.7. The van der Waals surface area contributed by atoms with E-state index in [-0.39, 0.29) is 0 Å². The SMILES string of the molecule is Cc1ccc(-c2cccc(-c3nc(-c4cc(-c5ccccc5)cc(-c5ccccc5)c4)nc(-c4ccc5c(c4)oc4cccc(-c6ccccc6)c45)n3)c2)cc1. The number of aromatic nitrogens is 3. The minimum absolute atomic E-state index is 0.572. The summed E-state index contributed by atoms with van der Waals surface area (Å²) in [7, 11) is 0. The van der Waals surface area contributed by atoms with Gasteiger partial charge < -0.3 is 4.42 Å². The highest BCUT2D eigenvalue weighted by molar-refractivity contribution is 6.13. The Hall–Kier alpha value is -7.43. The van der Waals surface area contributed by atoms with Gasteiger partial charge in [0.05, 0.1) is 0 Å². The summed E-state index contributed by atoms with van der Waals surface area (Å²) in [5.41, 5.74) is 14.5. The fourth-order valence-corrected chi connectivity index (χ4v) is 7.52. The first-order chi connectivity index (χ1) is 27.6. The van der Waals surface area contributed by atoms with E-state index in [1.54, 1.807) is 0 Å². The van der Waals surface area contributed by atoms with Crippen molar-refractivity contribution in [2.75, 3.05) is 0 Å². The molecular formula is C52H35N3O. The zero-order valence-corrected chi connectivity index (χ0v) is 30.7. The second-order valence-electron chi connectivity index (χ2n) is 14.1. The van der Waals surface area contributed by atoms with Gasteiger partial charge in [-0.05, 0) is 93.9 Å². The highest BCUT2D eigenvalue weighted by Crippen LogP contribution is 2.39. The second kappa shape index (κ2) is 14.1. The van der Waals surface area contributed by atoms with Crippen LogP contribution in [0.5, 0.6) is 0 Å². The van der Waals surface area contributed by atoms with Crippen molar-refractivity contribution in [2.45, 2.75) is 6.92 Å². The molecule has 2 aromatic heterocycles. The van der Waals surface area contributed by atoms with Gasteiger partial charge in [-0.3, -0.25) is 0 Å². The van der Waals surface area contributed by atoms with E-state index in [1.807, 2.05) is 24.3 Å². The van der Waals surface area contributed by atoms with Gasteiger partial charge in [0.25, 0.3) is 0 Å². The topological polar surface area (TPSA) is 51.8 Å². The second-order valence-corrected chi connectivity index (χ2v) is 14.1. The van der Waals surface area contributed by atoms with Crippen molar-refractivity contribution >= 4 is 21.9 Å². The minimum atomic E-state index is 0.572. The molecule has 0 fully saturated rings. The van der Waals surface area contributed by atoms with Crippen molar-refractivity contribution in [3.63, 3.8) is 0 Å². The maximum atomic E-state index is 6.54. The van der Waals surface area contributed by atoms with Crippen LogP contribution in [-0.4, -0.2) is 15.0 Å². The van der Waals surface area contributed by atoms with E-state index in [1.165, 1.54) is 5.56 Å². The van der Waals surface area contributed by atoms with Crippen LogP contribution >= 0.6 is 0 Å². The molecule has 10 rings (SSSR count). The summed E-state index contributed by atoms with van der Waals surface area (Å²) in [5.74, 6) is 1.76. The molecule has 0 spiro atoms. The van der Waals surface area contributed by atoms with Crippen LogP contribution in [-0.2, 0) is 0 Å². The molecule has 0 bridgehead atoms. The molecule has 0 saturated heterocycles. The van der Waals surface area contributed by atoms with Gasteiger partial charge >= 0.3 is 0 Å². The standard InChI is InChI=1S/C52H35N3O/c1-34-23-25-37(26-24-34)39-19-11-20-40(29-39)50-53-51(41-27-28-46-48(33-41)56-47-22-12-21-45(49(46)47)38-17-9-4-10-18-38)55-52(54-50)44-31-42(35-13-5-2-6-14-35)30-43(32-44)36-15-7-3-8-16-36/h2-33H,1H3. The third kappa shape index (κ3) is 6.33. The summed E-state index contributed by atoms with van der Waals surface area (Å²) in [6.45, 7) is 2.11. The molecule has 56 heavy (non-hydrogen) atoms. The minimum Gasteiger partial charge on any atom is -0.456 e. The van der Waals surface area contributed by atoms with E-state index < -0.39 is 0 Å². The maximum absolute atomic E-state index is 6.54. The summed E-state index contributed by atoms with van der Waals surface area (Å²) in [5, 5.41) is 2.14. The molecule has 0 N–H and O–H groups in total. The van der Waals surface area contributed by atoms with Crippen molar-refractivity contribution in [1.29, 1.82) is 0 Å². The molecule has 0 radical (unpaired) electrons. The van der Waals surface area contributed by atoms with E-state index in [4.69, 9.17) is 19.4 Å². The molecule has 0 saturated carbocycles. The molecule has 264 valence electrons. The number of aryl methyl sites for hydroxylation is 1. The number of rotatable bonds is 7. The Bertz CT molecular complexity index is 2950.